The maximum Gasteiger partial charge on any atom is 0.326 e. The van der Waals surface area contributed by atoms with E-state index in [9.17, 15) is 19.5 Å². The van der Waals surface area contributed by atoms with Crippen LogP contribution in [0.15, 0.2) is 36.5 Å². The third-order valence-electron chi connectivity index (χ3n) is 4.89. The first-order chi connectivity index (χ1) is 14.7. The number of aliphatic carboxylic acids is 2. The van der Waals surface area contributed by atoms with Crippen molar-refractivity contribution in [2.45, 2.75) is 31.7 Å². The molecule has 162 valence electrons. The molecule has 0 spiro atoms. The average molecular weight is 426 g/mol. The van der Waals surface area contributed by atoms with E-state index < -0.39 is 23.9 Å². The lowest BCUT2D eigenvalue weighted by Gasteiger charge is -2.13. The number of carbonyl (C=O) groups is 3. The van der Waals surface area contributed by atoms with Crippen LogP contribution in [0.3, 0.4) is 0 Å². The van der Waals surface area contributed by atoms with Crippen LogP contribution in [0.4, 0.5) is 5.82 Å². The van der Waals surface area contributed by atoms with Gasteiger partial charge in [-0.05, 0) is 42.5 Å². The van der Waals surface area contributed by atoms with Crippen molar-refractivity contribution in [2.75, 3.05) is 5.73 Å². The number of fused-ring (bicyclic) bond motifs is 1. The Labute approximate surface area is 176 Å². The Kier molecular flexibility index (Phi) is 6.39. The van der Waals surface area contributed by atoms with Gasteiger partial charge in [0.1, 0.15) is 11.9 Å². The molecule has 7 N–H and O–H groups in total. The lowest BCUT2D eigenvalue weighted by Crippen LogP contribution is -2.41. The lowest BCUT2D eigenvalue weighted by molar-refractivity contribution is -0.140. The number of benzene rings is 1. The van der Waals surface area contributed by atoms with Crippen LogP contribution in [-0.2, 0) is 22.4 Å². The number of aromatic amines is 1. The van der Waals surface area contributed by atoms with Gasteiger partial charge >= 0.3 is 11.9 Å². The quantitative estimate of drug-likeness (QED) is 0.299. The first-order valence-electron chi connectivity index (χ1n) is 9.54. The molecule has 10 nitrogen and oxygen atoms in total. The Hall–Kier alpha value is -4.08. The molecule has 0 radical (unpaired) electrons. The summed E-state index contributed by atoms with van der Waals surface area (Å²) in [7, 11) is 0. The summed E-state index contributed by atoms with van der Waals surface area (Å²) in [5, 5.41) is 30.9. The lowest BCUT2D eigenvalue weighted by atomic mass is 10.0. The molecule has 0 unspecified atom stereocenters. The van der Waals surface area contributed by atoms with Crippen LogP contribution < -0.4 is 11.1 Å². The molecule has 31 heavy (non-hydrogen) atoms. The van der Waals surface area contributed by atoms with Crippen LogP contribution in [0.5, 0.6) is 5.88 Å². The van der Waals surface area contributed by atoms with E-state index >= 15 is 0 Å². The van der Waals surface area contributed by atoms with Gasteiger partial charge in [0.05, 0.1) is 10.9 Å². The normalized spacial score (nSPS) is 11.9. The molecule has 2 heterocycles. The van der Waals surface area contributed by atoms with Crippen LogP contribution in [0.25, 0.3) is 10.9 Å². The second kappa shape index (κ2) is 9.16. The number of nitrogen functional groups attached to an aromatic ring is 1. The minimum absolute atomic E-state index is 0.130. The smallest absolute Gasteiger partial charge is 0.326 e. The highest BCUT2D eigenvalue weighted by Gasteiger charge is 2.21. The minimum Gasteiger partial charge on any atom is -0.493 e. The fourth-order valence-corrected chi connectivity index (χ4v) is 3.28. The molecule has 1 amide bonds. The van der Waals surface area contributed by atoms with Gasteiger partial charge in [0.2, 0.25) is 5.88 Å². The number of nitrogens with one attached hydrogen (secondary N) is 2. The van der Waals surface area contributed by atoms with E-state index in [-0.39, 0.29) is 30.1 Å². The SMILES string of the molecule is Nc1cc2[nH]cc(CCc3ccc(C(=O)N[C@@H](CCC(=O)O)C(=O)O)cc3)c2c(O)n1. The van der Waals surface area contributed by atoms with Gasteiger partial charge in [0.15, 0.2) is 0 Å². The van der Waals surface area contributed by atoms with Crippen molar-refractivity contribution in [3.63, 3.8) is 0 Å². The zero-order valence-electron chi connectivity index (χ0n) is 16.5. The van der Waals surface area contributed by atoms with Gasteiger partial charge < -0.3 is 31.4 Å². The molecule has 0 saturated heterocycles. The van der Waals surface area contributed by atoms with Gasteiger partial charge in [-0.25, -0.2) is 4.79 Å². The second-order valence-electron chi connectivity index (χ2n) is 7.10. The van der Waals surface area contributed by atoms with Crippen LogP contribution in [-0.4, -0.2) is 49.2 Å². The molecule has 2 aromatic heterocycles. The summed E-state index contributed by atoms with van der Waals surface area (Å²) >= 11 is 0. The zero-order valence-corrected chi connectivity index (χ0v) is 16.5. The van der Waals surface area contributed by atoms with Crippen molar-refractivity contribution in [1.29, 1.82) is 0 Å². The molecular weight excluding hydrogens is 404 g/mol. The van der Waals surface area contributed by atoms with E-state index in [0.29, 0.717) is 23.7 Å². The van der Waals surface area contributed by atoms with Crippen molar-refractivity contribution >= 4 is 34.6 Å². The number of aromatic nitrogens is 2. The molecule has 0 fully saturated rings. The number of nitrogens with two attached hydrogens (primary N) is 1. The summed E-state index contributed by atoms with van der Waals surface area (Å²) in [6, 6.07) is 7.04. The highest BCUT2D eigenvalue weighted by atomic mass is 16.4. The van der Waals surface area contributed by atoms with Crippen LogP contribution >= 0.6 is 0 Å². The highest BCUT2D eigenvalue weighted by Crippen LogP contribution is 2.28. The number of hydrogen-bond acceptors (Lipinski definition) is 6. The summed E-state index contributed by atoms with van der Waals surface area (Å²) in [6.45, 7) is 0. The maximum absolute atomic E-state index is 12.3. The highest BCUT2D eigenvalue weighted by molar-refractivity contribution is 5.96. The maximum atomic E-state index is 12.3. The number of hydrogen-bond donors (Lipinski definition) is 6. The predicted molar refractivity (Wildman–Crippen MR) is 112 cm³/mol. The Morgan fingerprint density at radius 1 is 1.13 bits per heavy atom. The third kappa shape index (κ3) is 5.30. The summed E-state index contributed by atoms with van der Waals surface area (Å²) in [6.07, 6.45) is 2.47. The second-order valence-corrected chi connectivity index (χ2v) is 7.10. The van der Waals surface area contributed by atoms with Crippen molar-refractivity contribution in [3.05, 3.63) is 53.2 Å². The summed E-state index contributed by atoms with van der Waals surface area (Å²) < 4.78 is 0. The number of H-pyrrole nitrogens is 1. The van der Waals surface area contributed by atoms with Gasteiger partial charge in [0, 0.05) is 24.2 Å². The summed E-state index contributed by atoms with van der Waals surface area (Å²) in [4.78, 5) is 41.1. The molecule has 3 aromatic rings. The van der Waals surface area contributed by atoms with Crippen molar-refractivity contribution in [2.24, 2.45) is 0 Å². The number of aromatic hydroxyl groups is 1. The van der Waals surface area contributed by atoms with Crippen molar-refractivity contribution in [1.82, 2.24) is 15.3 Å². The Morgan fingerprint density at radius 3 is 2.48 bits per heavy atom. The number of rotatable bonds is 9. The number of amides is 1. The first kappa shape index (κ1) is 21.6. The fraction of sp³-hybridized carbons (Fsp3) is 0.238. The fourth-order valence-electron chi connectivity index (χ4n) is 3.28. The number of aryl methyl sites for hydroxylation is 2. The number of carboxylic acids is 2. The molecule has 0 bridgehead atoms. The monoisotopic (exact) mass is 426 g/mol. The molecule has 1 atom stereocenters. The molecule has 0 aliphatic carbocycles. The summed E-state index contributed by atoms with van der Waals surface area (Å²) in [5.41, 5.74) is 8.42. The number of nitrogens with zero attached hydrogens (tertiary/aromatic N) is 1. The number of anilines is 1. The Bertz CT molecular complexity index is 1120. The minimum atomic E-state index is -1.29. The molecule has 10 heteroatoms. The predicted octanol–water partition coefficient (Wildman–Crippen LogP) is 1.68. The van der Waals surface area contributed by atoms with E-state index in [1.165, 1.54) is 0 Å². The first-order valence-corrected chi connectivity index (χ1v) is 9.54. The topological polar surface area (TPSA) is 179 Å². The summed E-state index contributed by atoms with van der Waals surface area (Å²) in [5.74, 6) is -2.92. The number of carbonyl (C=O) groups excluding carboxylic acids is 1. The van der Waals surface area contributed by atoms with E-state index in [4.69, 9.17) is 15.9 Å². The average Bonchev–Trinajstić information content (AvgIpc) is 3.12. The van der Waals surface area contributed by atoms with Crippen LogP contribution in [0.1, 0.15) is 34.3 Å². The molecular formula is C21H22N4O6. The zero-order chi connectivity index (χ0) is 22.5. The number of carboxylic acid groups (broad SMARTS) is 2. The van der Waals surface area contributed by atoms with E-state index in [1.807, 2.05) is 0 Å². The van der Waals surface area contributed by atoms with Gasteiger partial charge in [-0.15, -0.1) is 0 Å². The molecule has 3 rings (SSSR count). The van der Waals surface area contributed by atoms with E-state index in [0.717, 1.165) is 11.1 Å². The van der Waals surface area contributed by atoms with Crippen LogP contribution in [0.2, 0.25) is 0 Å². The standard InChI is InChI=1S/C21H22N4O6/c22-16-9-15-18(20(29)25-16)13(10-23-15)6-3-11-1-4-12(5-2-11)19(28)24-14(21(30)31)7-8-17(26)27/h1-2,4-5,9-10,14,23H,3,6-8H2,(H,24,28)(H,26,27)(H,30,31)(H3,22,25,29)/t14-/m0/s1. The van der Waals surface area contributed by atoms with Gasteiger partial charge in [-0.2, -0.15) is 4.98 Å². The Morgan fingerprint density at radius 2 is 1.84 bits per heavy atom. The molecule has 0 aliphatic heterocycles. The largest absolute Gasteiger partial charge is 0.493 e. The third-order valence-corrected chi connectivity index (χ3v) is 4.89. The van der Waals surface area contributed by atoms with Gasteiger partial charge in [-0.1, -0.05) is 12.1 Å². The van der Waals surface area contributed by atoms with Gasteiger partial charge in [-0.3, -0.25) is 9.59 Å². The molecule has 1 aromatic carbocycles. The van der Waals surface area contributed by atoms with Crippen molar-refractivity contribution in [3.8, 4) is 5.88 Å². The van der Waals surface area contributed by atoms with E-state index in [1.54, 1.807) is 36.5 Å². The van der Waals surface area contributed by atoms with Gasteiger partial charge in [0.25, 0.3) is 5.91 Å². The molecule has 0 saturated carbocycles. The number of pyridine rings is 1. The molecule has 0 aliphatic rings. The van der Waals surface area contributed by atoms with Crippen LogP contribution in [0, 0.1) is 0 Å². The Balaban J connectivity index is 1.63. The van der Waals surface area contributed by atoms with Crippen molar-refractivity contribution < 1.29 is 29.7 Å². The van der Waals surface area contributed by atoms with E-state index in [2.05, 4.69) is 15.3 Å².